The average Bonchev–Trinajstić information content (AvgIpc) is 3.08. The molecule has 3 rings (SSSR count). The molecule has 0 amide bonds. The number of methoxy groups -OCH3 is 1. The summed E-state index contributed by atoms with van der Waals surface area (Å²) in [4.78, 5) is 7.40. The van der Waals surface area contributed by atoms with Crippen LogP contribution in [0.1, 0.15) is 17.7 Å². The van der Waals surface area contributed by atoms with E-state index in [0.717, 1.165) is 22.2 Å². The van der Waals surface area contributed by atoms with Crippen molar-refractivity contribution in [1.82, 2.24) is 9.97 Å². The topological polar surface area (TPSA) is 91.2 Å². The van der Waals surface area contributed by atoms with Crippen molar-refractivity contribution >= 4 is 21.8 Å². The Morgan fingerprint density at radius 2 is 2.08 bits per heavy atom. The molecule has 2 heterocycles. The molecule has 1 N–H and O–H groups in total. The van der Waals surface area contributed by atoms with Crippen molar-refractivity contribution in [3.05, 3.63) is 53.0 Å². The standard InChI is InChI=1S/C18H21N3O4S/c1-13-16(21(22)9-8-17(13)25-11-5-10-24-2)12-26(23)18-19-14-6-3-4-7-15(14)20-18/h3-4,6-9H,5,10-12H2,1-2H3,(H,19,20)/t26-/m0/s1. The molecule has 3 aromatic rings. The summed E-state index contributed by atoms with van der Waals surface area (Å²) in [5, 5.41) is 12.5. The van der Waals surface area contributed by atoms with Gasteiger partial charge in [-0.2, -0.15) is 4.73 Å². The molecule has 8 heteroatoms. The molecule has 7 nitrogen and oxygen atoms in total. The van der Waals surface area contributed by atoms with E-state index in [9.17, 15) is 9.42 Å². The van der Waals surface area contributed by atoms with Crippen LogP contribution in [0.5, 0.6) is 5.75 Å². The highest BCUT2D eigenvalue weighted by atomic mass is 32.2. The Morgan fingerprint density at radius 1 is 1.27 bits per heavy atom. The molecule has 0 fully saturated rings. The number of hydrogen-bond acceptors (Lipinski definition) is 5. The molecule has 1 aromatic carbocycles. The van der Waals surface area contributed by atoms with Gasteiger partial charge in [-0.25, -0.2) is 4.98 Å². The molecule has 0 radical (unpaired) electrons. The van der Waals surface area contributed by atoms with Crippen LogP contribution in [0, 0.1) is 12.1 Å². The largest absolute Gasteiger partial charge is 0.618 e. The minimum Gasteiger partial charge on any atom is -0.618 e. The maximum Gasteiger partial charge on any atom is 0.212 e. The Hall–Kier alpha value is -2.45. The van der Waals surface area contributed by atoms with Gasteiger partial charge in [-0.15, -0.1) is 0 Å². The summed E-state index contributed by atoms with van der Waals surface area (Å²) in [6.45, 7) is 2.89. The van der Waals surface area contributed by atoms with E-state index < -0.39 is 10.8 Å². The molecule has 138 valence electrons. The molecule has 0 unspecified atom stereocenters. The second-order valence-electron chi connectivity index (χ2n) is 5.82. The van der Waals surface area contributed by atoms with Gasteiger partial charge >= 0.3 is 0 Å². The number of rotatable bonds is 8. The van der Waals surface area contributed by atoms with Crippen LogP contribution in [-0.4, -0.2) is 34.5 Å². The molecule has 0 aliphatic rings. The first-order valence-corrected chi connectivity index (χ1v) is 9.58. The van der Waals surface area contributed by atoms with Gasteiger partial charge in [0.25, 0.3) is 0 Å². The maximum atomic E-state index is 12.7. The zero-order chi connectivity index (χ0) is 18.5. The second kappa shape index (κ2) is 8.29. The Bertz CT molecular complexity index is 893. The third-order valence-electron chi connectivity index (χ3n) is 4.03. The molecular weight excluding hydrogens is 354 g/mol. The zero-order valence-corrected chi connectivity index (χ0v) is 15.5. The van der Waals surface area contributed by atoms with Gasteiger partial charge in [0.2, 0.25) is 5.69 Å². The maximum absolute atomic E-state index is 12.7. The van der Waals surface area contributed by atoms with E-state index in [4.69, 9.17) is 9.47 Å². The van der Waals surface area contributed by atoms with Crippen molar-refractivity contribution in [1.29, 1.82) is 0 Å². The number of ether oxygens (including phenoxy) is 2. The van der Waals surface area contributed by atoms with Crippen LogP contribution in [0.15, 0.2) is 41.7 Å². The Morgan fingerprint density at radius 3 is 2.85 bits per heavy atom. The number of hydrogen-bond donors (Lipinski definition) is 1. The van der Waals surface area contributed by atoms with Crippen molar-refractivity contribution in [3.8, 4) is 5.75 Å². The fraction of sp³-hybridized carbons (Fsp3) is 0.333. The predicted octanol–water partition coefficient (Wildman–Crippen LogP) is 2.23. The van der Waals surface area contributed by atoms with E-state index in [1.54, 1.807) is 20.1 Å². The third kappa shape index (κ3) is 4.03. The lowest BCUT2D eigenvalue weighted by molar-refractivity contribution is -0.613. The Kier molecular flexibility index (Phi) is 5.85. The SMILES string of the molecule is COCCCOc1cc[n+]([O-])c(C[S@](=O)c2nc3ccccc3[nH]2)c1C. The third-order valence-corrected chi connectivity index (χ3v) is 5.19. The molecule has 26 heavy (non-hydrogen) atoms. The van der Waals surface area contributed by atoms with Crippen LogP contribution in [-0.2, 0) is 21.3 Å². The first kappa shape index (κ1) is 18.3. The molecule has 0 saturated carbocycles. The van der Waals surface area contributed by atoms with Gasteiger partial charge < -0.3 is 19.7 Å². The molecule has 0 aliphatic heterocycles. The van der Waals surface area contributed by atoms with Gasteiger partial charge in [0, 0.05) is 26.2 Å². The van der Waals surface area contributed by atoms with E-state index in [2.05, 4.69) is 9.97 Å². The first-order valence-electron chi connectivity index (χ1n) is 8.26. The minimum atomic E-state index is -1.47. The van der Waals surface area contributed by atoms with Crippen LogP contribution in [0.2, 0.25) is 0 Å². The molecule has 2 aromatic heterocycles. The van der Waals surface area contributed by atoms with Crippen molar-refractivity contribution < 1.29 is 18.4 Å². The summed E-state index contributed by atoms with van der Waals surface area (Å²) in [6, 6.07) is 9.10. The molecule has 0 spiro atoms. The molecular formula is C18H21N3O4S. The number of fused-ring (bicyclic) bond motifs is 1. The number of pyridine rings is 1. The molecule has 0 saturated heterocycles. The number of H-pyrrole nitrogens is 1. The van der Waals surface area contributed by atoms with E-state index in [0.29, 0.717) is 35.4 Å². The van der Waals surface area contributed by atoms with Crippen molar-refractivity contribution in [3.63, 3.8) is 0 Å². The highest BCUT2D eigenvalue weighted by Gasteiger charge is 2.20. The van der Waals surface area contributed by atoms with Gasteiger partial charge in [-0.3, -0.25) is 4.21 Å². The van der Waals surface area contributed by atoms with Gasteiger partial charge in [0.05, 0.1) is 34.0 Å². The lowest BCUT2D eigenvalue weighted by atomic mass is 10.2. The lowest BCUT2D eigenvalue weighted by Gasteiger charge is -2.12. The molecule has 1 atom stereocenters. The van der Waals surface area contributed by atoms with Gasteiger partial charge in [0.1, 0.15) is 11.5 Å². The zero-order valence-electron chi connectivity index (χ0n) is 14.7. The van der Waals surface area contributed by atoms with Gasteiger partial charge in [-0.1, -0.05) is 12.1 Å². The smallest absolute Gasteiger partial charge is 0.212 e. The monoisotopic (exact) mass is 375 g/mol. The predicted molar refractivity (Wildman–Crippen MR) is 98.3 cm³/mol. The number of aromatic amines is 1. The van der Waals surface area contributed by atoms with Crippen molar-refractivity contribution in [2.45, 2.75) is 24.3 Å². The van der Waals surface area contributed by atoms with E-state index in [1.165, 1.54) is 6.20 Å². The summed E-state index contributed by atoms with van der Waals surface area (Å²) in [5.41, 5.74) is 2.66. The van der Waals surface area contributed by atoms with Crippen LogP contribution < -0.4 is 9.47 Å². The summed E-state index contributed by atoms with van der Waals surface area (Å²) in [6.07, 6.45) is 2.13. The first-order chi connectivity index (χ1) is 12.6. The van der Waals surface area contributed by atoms with E-state index in [1.807, 2.05) is 24.3 Å². The van der Waals surface area contributed by atoms with Crippen molar-refractivity contribution in [2.75, 3.05) is 20.3 Å². The summed E-state index contributed by atoms with van der Waals surface area (Å²) >= 11 is 0. The molecule has 0 aliphatic carbocycles. The highest BCUT2D eigenvalue weighted by molar-refractivity contribution is 7.84. The summed E-state index contributed by atoms with van der Waals surface area (Å²) < 4.78 is 24.2. The normalized spacial score (nSPS) is 12.4. The number of aromatic nitrogens is 3. The van der Waals surface area contributed by atoms with E-state index in [-0.39, 0.29) is 5.75 Å². The molecule has 0 bridgehead atoms. The van der Waals surface area contributed by atoms with Crippen LogP contribution in [0.3, 0.4) is 0 Å². The number of para-hydroxylation sites is 2. The quantitative estimate of drug-likeness (QED) is 0.370. The Balaban J connectivity index is 1.78. The van der Waals surface area contributed by atoms with Gasteiger partial charge in [-0.05, 0) is 19.1 Å². The lowest BCUT2D eigenvalue weighted by Crippen LogP contribution is -2.33. The number of nitrogens with zero attached hydrogens (tertiary/aromatic N) is 2. The Labute approximate surface area is 154 Å². The van der Waals surface area contributed by atoms with E-state index >= 15 is 0 Å². The van der Waals surface area contributed by atoms with Crippen LogP contribution in [0.25, 0.3) is 11.0 Å². The number of nitrogens with one attached hydrogen (secondary N) is 1. The summed E-state index contributed by atoms with van der Waals surface area (Å²) in [7, 11) is 0.171. The van der Waals surface area contributed by atoms with Crippen molar-refractivity contribution in [2.24, 2.45) is 0 Å². The summed E-state index contributed by atoms with van der Waals surface area (Å²) in [5.74, 6) is 0.676. The highest BCUT2D eigenvalue weighted by Crippen LogP contribution is 2.21. The fourth-order valence-corrected chi connectivity index (χ4v) is 3.75. The number of imidazole rings is 1. The minimum absolute atomic E-state index is 0.0599. The number of benzene rings is 1. The fourth-order valence-electron chi connectivity index (χ4n) is 2.60. The van der Waals surface area contributed by atoms with Crippen LogP contribution in [0.4, 0.5) is 0 Å². The average molecular weight is 375 g/mol. The van der Waals surface area contributed by atoms with Gasteiger partial charge in [0.15, 0.2) is 11.4 Å². The second-order valence-corrected chi connectivity index (χ2v) is 7.19. The van der Waals surface area contributed by atoms with Crippen LogP contribution >= 0.6 is 0 Å².